The molecule has 9 nitrogen and oxygen atoms in total. The Kier molecular flexibility index (Phi) is 5.12. The standard InChI is InChI=1S/C23H21FN6O3/c1-28-19(13-18(27-28)14-4-6-15(24)7-5-14)22(32)29-11-8-16(9-12-29)30-21(31)17-3-2-10-25-20(17)26-23(30)33/h2-7,10,13,16H,8-9,11-12H2,1H3,(H,25,26,33). The average Bonchev–Trinajstić information content (AvgIpc) is 3.21. The maximum absolute atomic E-state index is 13.2. The summed E-state index contributed by atoms with van der Waals surface area (Å²) in [4.78, 5) is 47.0. The lowest BCUT2D eigenvalue weighted by molar-refractivity contribution is 0.0681. The number of benzene rings is 1. The van der Waals surface area contributed by atoms with E-state index >= 15 is 0 Å². The molecule has 0 aliphatic carbocycles. The van der Waals surface area contributed by atoms with E-state index in [1.807, 2.05) is 0 Å². The van der Waals surface area contributed by atoms with Gasteiger partial charge in [0, 0.05) is 37.9 Å². The van der Waals surface area contributed by atoms with Crippen LogP contribution < -0.4 is 11.2 Å². The van der Waals surface area contributed by atoms with Crippen LogP contribution in [0.5, 0.6) is 0 Å². The Bertz CT molecular complexity index is 1460. The van der Waals surface area contributed by atoms with E-state index in [1.54, 1.807) is 42.3 Å². The molecular weight excluding hydrogens is 427 g/mol. The van der Waals surface area contributed by atoms with Crippen LogP contribution in [0.1, 0.15) is 29.4 Å². The van der Waals surface area contributed by atoms with Crippen molar-refractivity contribution >= 4 is 16.9 Å². The number of hydrogen-bond donors (Lipinski definition) is 1. The zero-order valence-corrected chi connectivity index (χ0v) is 17.9. The molecule has 0 saturated carbocycles. The van der Waals surface area contributed by atoms with Crippen LogP contribution in [-0.4, -0.2) is 48.2 Å². The normalized spacial score (nSPS) is 14.7. The number of nitrogens with zero attached hydrogens (tertiary/aromatic N) is 5. The van der Waals surface area contributed by atoms with Crippen LogP contribution in [0, 0.1) is 5.82 Å². The molecule has 1 aliphatic rings. The number of pyridine rings is 1. The molecule has 1 amide bonds. The van der Waals surface area contributed by atoms with Gasteiger partial charge in [0.1, 0.15) is 17.2 Å². The number of aromatic nitrogens is 5. The van der Waals surface area contributed by atoms with Crippen LogP contribution in [0.15, 0.2) is 58.3 Å². The maximum Gasteiger partial charge on any atom is 0.330 e. The summed E-state index contributed by atoms with van der Waals surface area (Å²) in [5.41, 5.74) is 1.12. The van der Waals surface area contributed by atoms with Crippen LogP contribution in [0.3, 0.4) is 0 Å². The fraction of sp³-hybridized carbons (Fsp3) is 0.261. The number of aromatic amines is 1. The first-order valence-corrected chi connectivity index (χ1v) is 10.6. The van der Waals surface area contributed by atoms with Crippen LogP contribution >= 0.6 is 0 Å². The Balaban J connectivity index is 1.34. The third-order valence-corrected chi connectivity index (χ3v) is 6.06. The van der Waals surface area contributed by atoms with E-state index in [0.717, 1.165) is 0 Å². The summed E-state index contributed by atoms with van der Waals surface area (Å²) in [6.45, 7) is 0.801. The molecular formula is C23H21FN6O3. The molecule has 168 valence electrons. The van der Waals surface area contributed by atoms with E-state index < -0.39 is 5.69 Å². The van der Waals surface area contributed by atoms with Crippen molar-refractivity contribution in [2.24, 2.45) is 7.05 Å². The van der Waals surface area contributed by atoms with Crippen molar-refractivity contribution in [2.45, 2.75) is 18.9 Å². The molecule has 0 spiro atoms. The number of amides is 1. The van der Waals surface area contributed by atoms with Gasteiger partial charge in [0.2, 0.25) is 0 Å². The molecule has 0 unspecified atom stereocenters. The number of carbonyl (C=O) groups excluding carboxylic acids is 1. The summed E-state index contributed by atoms with van der Waals surface area (Å²) in [6.07, 6.45) is 2.47. The Hall–Kier alpha value is -4.08. The molecule has 1 saturated heterocycles. The van der Waals surface area contributed by atoms with Gasteiger partial charge in [0.25, 0.3) is 11.5 Å². The fourth-order valence-electron chi connectivity index (χ4n) is 4.31. The molecule has 4 aromatic rings. The number of aryl methyl sites for hydroxylation is 1. The van der Waals surface area contributed by atoms with E-state index in [0.29, 0.717) is 48.3 Å². The highest BCUT2D eigenvalue weighted by atomic mass is 19.1. The summed E-state index contributed by atoms with van der Waals surface area (Å²) in [6, 6.07) is 10.6. The largest absolute Gasteiger partial charge is 0.337 e. The van der Waals surface area contributed by atoms with Gasteiger partial charge in [-0.3, -0.25) is 23.8 Å². The van der Waals surface area contributed by atoms with Crippen molar-refractivity contribution in [1.29, 1.82) is 0 Å². The second-order valence-electron chi connectivity index (χ2n) is 8.07. The molecule has 1 aromatic carbocycles. The molecule has 10 heteroatoms. The smallest absolute Gasteiger partial charge is 0.330 e. The van der Waals surface area contributed by atoms with Crippen molar-refractivity contribution in [3.8, 4) is 11.3 Å². The second-order valence-corrected chi connectivity index (χ2v) is 8.07. The topological polar surface area (TPSA) is 106 Å². The fourth-order valence-corrected chi connectivity index (χ4v) is 4.31. The highest BCUT2D eigenvalue weighted by Gasteiger charge is 2.28. The van der Waals surface area contributed by atoms with Crippen LogP contribution in [0.2, 0.25) is 0 Å². The van der Waals surface area contributed by atoms with Gasteiger partial charge in [-0.05, 0) is 55.3 Å². The Morgan fingerprint density at radius 1 is 1.12 bits per heavy atom. The number of rotatable bonds is 3. The molecule has 1 aliphatic heterocycles. The SMILES string of the molecule is Cn1nc(-c2ccc(F)cc2)cc1C(=O)N1CCC(n2c(=O)[nH]c3ncccc3c2=O)CC1. The maximum atomic E-state index is 13.2. The highest BCUT2D eigenvalue weighted by Crippen LogP contribution is 2.24. The van der Waals surface area contributed by atoms with E-state index in [4.69, 9.17) is 0 Å². The number of fused-ring (bicyclic) bond motifs is 1. The van der Waals surface area contributed by atoms with Crippen molar-refractivity contribution in [2.75, 3.05) is 13.1 Å². The Morgan fingerprint density at radius 3 is 2.58 bits per heavy atom. The number of carbonyl (C=O) groups is 1. The van der Waals surface area contributed by atoms with E-state index in [2.05, 4.69) is 15.1 Å². The second kappa shape index (κ2) is 8.12. The van der Waals surface area contributed by atoms with Crippen LogP contribution in [0.4, 0.5) is 4.39 Å². The third-order valence-electron chi connectivity index (χ3n) is 6.06. The molecule has 0 atom stereocenters. The number of nitrogens with one attached hydrogen (secondary N) is 1. The summed E-state index contributed by atoms with van der Waals surface area (Å²) in [5, 5.41) is 4.75. The summed E-state index contributed by atoms with van der Waals surface area (Å²) in [5.74, 6) is -0.518. The minimum atomic E-state index is -0.494. The minimum absolute atomic E-state index is 0.180. The number of hydrogen-bond acceptors (Lipinski definition) is 5. The lowest BCUT2D eigenvalue weighted by Gasteiger charge is -2.32. The quantitative estimate of drug-likeness (QED) is 0.517. The molecule has 33 heavy (non-hydrogen) atoms. The number of halogens is 1. The highest BCUT2D eigenvalue weighted by molar-refractivity contribution is 5.93. The van der Waals surface area contributed by atoms with Crippen LogP contribution in [-0.2, 0) is 7.05 Å². The first-order valence-electron chi connectivity index (χ1n) is 10.6. The predicted molar refractivity (Wildman–Crippen MR) is 119 cm³/mol. The molecule has 1 N–H and O–H groups in total. The zero-order valence-electron chi connectivity index (χ0n) is 17.9. The molecule has 5 rings (SSSR count). The lowest BCUT2D eigenvalue weighted by atomic mass is 10.0. The Morgan fingerprint density at radius 2 is 1.85 bits per heavy atom. The summed E-state index contributed by atoms with van der Waals surface area (Å²) < 4.78 is 16.0. The third kappa shape index (κ3) is 3.73. The van der Waals surface area contributed by atoms with Crippen molar-refractivity contribution < 1.29 is 9.18 Å². The summed E-state index contributed by atoms with van der Waals surface area (Å²) >= 11 is 0. The first kappa shape index (κ1) is 20.8. The molecule has 1 fully saturated rings. The zero-order chi connectivity index (χ0) is 23.1. The van der Waals surface area contributed by atoms with E-state index in [1.165, 1.54) is 27.6 Å². The predicted octanol–water partition coefficient (Wildman–Crippen LogP) is 2.10. The molecule has 4 heterocycles. The van der Waals surface area contributed by atoms with E-state index in [9.17, 15) is 18.8 Å². The van der Waals surface area contributed by atoms with Gasteiger partial charge < -0.3 is 4.90 Å². The minimum Gasteiger partial charge on any atom is -0.337 e. The van der Waals surface area contributed by atoms with Crippen LogP contribution in [0.25, 0.3) is 22.3 Å². The van der Waals surface area contributed by atoms with Gasteiger partial charge in [0.05, 0.1) is 11.1 Å². The number of H-pyrrole nitrogens is 1. The van der Waals surface area contributed by atoms with Crippen molar-refractivity contribution in [3.05, 3.63) is 81.0 Å². The molecule has 0 radical (unpaired) electrons. The first-order chi connectivity index (χ1) is 15.9. The number of likely N-dealkylation sites (tertiary alicyclic amines) is 1. The van der Waals surface area contributed by atoms with Gasteiger partial charge in [-0.2, -0.15) is 5.10 Å². The number of piperidine rings is 1. The summed E-state index contributed by atoms with van der Waals surface area (Å²) in [7, 11) is 1.69. The van der Waals surface area contributed by atoms with Gasteiger partial charge in [-0.25, -0.2) is 14.2 Å². The van der Waals surface area contributed by atoms with Gasteiger partial charge >= 0.3 is 5.69 Å². The average molecular weight is 448 g/mol. The van der Waals surface area contributed by atoms with E-state index in [-0.39, 0.29) is 29.0 Å². The van der Waals surface area contributed by atoms with Crippen molar-refractivity contribution in [1.82, 2.24) is 29.2 Å². The Labute approximate surface area is 187 Å². The lowest BCUT2D eigenvalue weighted by Crippen LogP contribution is -2.45. The monoisotopic (exact) mass is 448 g/mol. The van der Waals surface area contributed by atoms with Crippen molar-refractivity contribution in [3.63, 3.8) is 0 Å². The molecule has 0 bridgehead atoms. The van der Waals surface area contributed by atoms with Gasteiger partial charge in [0.15, 0.2) is 0 Å². The van der Waals surface area contributed by atoms with Gasteiger partial charge in [-0.1, -0.05) is 0 Å². The van der Waals surface area contributed by atoms with Gasteiger partial charge in [-0.15, -0.1) is 0 Å². The molecule has 3 aromatic heterocycles.